The zero-order valence-corrected chi connectivity index (χ0v) is 16.7. The number of likely N-dealkylation sites (tertiary alicyclic amines) is 1. The fourth-order valence-electron chi connectivity index (χ4n) is 4.25. The van der Waals surface area contributed by atoms with Gasteiger partial charge >= 0.3 is 0 Å². The highest BCUT2D eigenvalue weighted by Gasteiger charge is 2.28. The summed E-state index contributed by atoms with van der Waals surface area (Å²) in [6.07, 6.45) is 7.19. The lowest BCUT2D eigenvalue weighted by Crippen LogP contribution is -2.45. The zero-order chi connectivity index (χ0) is 18.9. The van der Waals surface area contributed by atoms with Crippen LogP contribution >= 0.6 is 0 Å². The van der Waals surface area contributed by atoms with Crippen molar-refractivity contribution in [1.29, 1.82) is 0 Å². The van der Waals surface area contributed by atoms with E-state index < -0.39 is 0 Å². The lowest BCUT2D eigenvalue weighted by molar-refractivity contribution is 0.139. The van der Waals surface area contributed by atoms with E-state index in [9.17, 15) is 0 Å². The monoisotopic (exact) mass is 369 g/mol. The minimum atomic E-state index is 0.318. The Morgan fingerprint density at radius 2 is 2.15 bits per heavy atom. The van der Waals surface area contributed by atoms with Gasteiger partial charge in [0.1, 0.15) is 5.82 Å². The van der Waals surface area contributed by atoms with Gasteiger partial charge in [0.25, 0.3) is 0 Å². The molecule has 3 heterocycles. The predicted octanol–water partition coefficient (Wildman–Crippen LogP) is 3.39. The third-order valence-corrected chi connectivity index (χ3v) is 5.53. The Morgan fingerprint density at radius 3 is 3.00 bits per heavy atom. The molecule has 0 amide bonds. The summed E-state index contributed by atoms with van der Waals surface area (Å²) in [7, 11) is 0. The summed E-state index contributed by atoms with van der Waals surface area (Å²) in [4.78, 5) is 2.52. The second kappa shape index (κ2) is 7.47. The second-order valence-corrected chi connectivity index (χ2v) is 8.65. The Balaban J connectivity index is 1.38. The average molecular weight is 370 g/mol. The molecule has 4 rings (SSSR count). The molecule has 3 aliphatic heterocycles. The van der Waals surface area contributed by atoms with Crippen molar-refractivity contribution in [3.05, 3.63) is 47.3 Å². The molecule has 146 valence electrons. The summed E-state index contributed by atoms with van der Waals surface area (Å²) in [5.41, 5.74) is 2.87. The lowest BCUT2D eigenvalue weighted by atomic mass is 9.84. The van der Waals surface area contributed by atoms with E-state index in [1.165, 1.54) is 24.2 Å². The molecule has 1 atom stereocenters. The summed E-state index contributed by atoms with van der Waals surface area (Å²) in [5, 5.41) is 7.21. The third-order valence-electron chi connectivity index (χ3n) is 5.53. The van der Waals surface area contributed by atoms with E-state index in [4.69, 9.17) is 9.47 Å². The molecule has 5 nitrogen and oxygen atoms in total. The first-order valence-electron chi connectivity index (χ1n) is 10.0. The van der Waals surface area contributed by atoms with Crippen LogP contribution in [0.15, 0.2) is 41.7 Å². The van der Waals surface area contributed by atoms with Crippen LogP contribution in [-0.2, 0) is 6.54 Å². The molecule has 0 bridgehead atoms. The fraction of sp³-hybridized carbons (Fsp3) is 0.545. The summed E-state index contributed by atoms with van der Waals surface area (Å²) < 4.78 is 11.1. The summed E-state index contributed by atoms with van der Waals surface area (Å²) >= 11 is 0. The number of para-hydroxylation sites is 1. The van der Waals surface area contributed by atoms with Gasteiger partial charge in [0, 0.05) is 37.8 Å². The van der Waals surface area contributed by atoms with Gasteiger partial charge in [-0.25, -0.2) is 0 Å². The first-order chi connectivity index (χ1) is 13.0. The Hall–Kier alpha value is -2.14. The van der Waals surface area contributed by atoms with Gasteiger partial charge in [-0.2, -0.15) is 0 Å². The van der Waals surface area contributed by atoms with E-state index >= 15 is 0 Å². The van der Waals surface area contributed by atoms with E-state index in [0.29, 0.717) is 18.2 Å². The van der Waals surface area contributed by atoms with Crippen molar-refractivity contribution in [3.8, 4) is 11.5 Å². The van der Waals surface area contributed by atoms with E-state index in [1.54, 1.807) is 0 Å². The molecule has 0 spiro atoms. The van der Waals surface area contributed by atoms with Gasteiger partial charge in [0.2, 0.25) is 6.79 Å². The summed E-state index contributed by atoms with van der Waals surface area (Å²) in [6, 6.07) is 6.42. The molecule has 5 heteroatoms. The molecule has 0 saturated carbocycles. The number of benzene rings is 1. The smallest absolute Gasteiger partial charge is 0.231 e. The van der Waals surface area contributed by atoms with E-state index in [0.717, 1.165) is 43.2 Å². The summed E-state index contributed by atoms with van der Waals surface area (Å²) in [6.45, 7) is 11.2. The van der Waals surface area contributed by atoms with Gasteiger partial charge in [0.05, 0.1) is 0 Å². The maximum absolute atomic E-state index is 5.60. The minimum absolute atomic E-state index is 0.318. The topological polar surface area (TPSA) is 45.8 Å². The highest BCUT2D eigenvalue weighted by Crippen LogP contribution is 2.35. The first kappa shape index (κ1) is 18.2. The molecule has 2 N–H and O–H groups in total. The van der Waals surface area contributed by atoms with Gasteiger partial charge in [-0.3, -0.25) is 0 Å². The molecule has 0 aromatic heterocycles. The second-order valence-electron chi connectivity index (χ2n) is 8.65. The molecule has 0 aliphatic carbocycles. The Labute approximate surface area is 162 Å². The number of hydrogen-bond donors (Lipinski definition) is 2. The Morgan fingerprint density at radius 1 is 1.26 bits per heavy atom. The quantitative estimate of drug-likeness (QED) is 0.833. The first-order valence-corrected chi connectivity index (χ1v) is 10.0. The molecule has 1 fully saturated rings. The fourth-order valence-corrected chi connectivity index (χ4v) is 4.25. The zero-order valence-electron chi connectivity index (χ0n) is 16.7. The Bertz CT molecular complexity index is 754. The van der Waals surface area contributed by atoms with Crippen LogP contribution in [0.25, 0.3) is 0 Å². The van der Waals surface area contributed by atoms with Gasteiger partial charge in [-0.05, 0) is 42.9 Å². The van der Waals surface area contributed by atoms with Crippen molar-refractivity contribution in [3.63, 3.8) is 0 Å². The number of hydrogen-bond acceptors (Lipinski definition) is 5. The highest BCUT2D eigenvalue weighted by molar-refractivity contribution is 5.48. The molecule has 1 aromatic carbocycles. The van der Waals surface area contributed by atoms with E-state index in [1.807, 2.05) is 12.1 Å². The van der Waals surface area contributed by atoms with Gasteiger partial charge in [-0.1, -0.05) is 32.1 Å². The number of nitrogens with one attached hydrogen (secondary N) is 2. The number of dihydropyridines is 1. The van der Waals surface area contributed by atoms with Gasteiger partial charge < -0.3 is 25.0 Å². The van der Waals surface area contributed by atoms with Crippen LogP contribution in [0.3, 0.4) is 0 Å². The average Bonchev–Trinajstić information content (AvgIpc) is 3.10. The molecular formula is C22H31N3O2. The van der Waals surface area contributed by atoms with Crippen LogP contribution in [-0.4, -0.2) is 37.4 Å². The number of piperidine rings is 1. The molecule has 1 unspecified atom stereocenters. The molecule has 3 aliphatic rings. The van der Waals surface area contributed by atoms with Crippen LogP contribution in [0.4, 0.5) is 0 Å². The van der Waals surface area contributed by atoms with Crippen molar-refractivity contribution in [2.75, 3.05) is 26.4 Å². The largest absolute Gasteiger partial charge is 0.454 e. The van der Waals surface area contributed by atoms with Crippen molar-refractivity contribution in [2.24, 2.45) is 5.41 Å². The minimum Gasteiger partial charge on any atom is -0.454 e. The van der Waals surface area contributed by atoms with Crippen LogP contribution in [0, 0.1) is 5.41 Å². The number of ether oxygens (including phenoxy) is 2. The predicted molar refractivity (Wildman–Crippen MR) is 108 cm³/mol. The maximum atomic E-state index is 5.60. The molecule has 0 radical (unpaired) electrons. The van der Waals surface area contributed by atoms with Crippen LogP contribution in [0.2, 0.25) is 0 Å². The van der Waals surface area contributed by atoms with Crippen LogP contribution in [0.5, 0.6) is 11.5 Å². The highest BCUT2D eigenvalue weighted by atomic mass is 16.7. The number of fused-ring (bicyclic) bond motifs is 1. The van der Waals surface area contributed by atoms with Gasteiger partial charge in [0.15, 0.2) is 11.5 Å². The third kappa shape index (κ3) is 4.24. The summed E-state index contributed by atoms with van der Waals surface area (Å²) in [5.74, 6) is 3.00. The van der Waals surface area contributed by atoms with Crippen molar-refractivity contribution in [1.82, 2.24) is 15.5 Å². The number of rotatable bonds is 5. The molecule has 27 heavy (non-hydrogen) atoms. The van der Waals surface area contributed by atoms with Crippen molar-refractivity contribution in [2.45, 2.75) is 46.2 Å². The standard InChI is InChI=1S/C22H31N3O2/c1-16-10-17(11-20(24-16)25-9-5-8-22(2,3)14-25)12-23-13-18-6-4-7-19-21(18)27-15-26-19/h4,6-7,10-11,16,23-24H,5,8-9,12-15H2,1-3H3. The SMILES string of the molecule is CC1C=C(CNCc2cccc3c2OCO3)C=C(N2CCCC(C)(C)C2)N1. The van der Waals surface area contributed by atoms with E-state index in [-0.39, 0.29) is 0 Å². The van der Waals surface area contributed by atoms with Crippen molar-refractivity contribution < 1.29 is 9.47 Å². The lowest BCUT2D eigenvalue weighted by Gasteiger charge is -2.42. The number of nitrogens with zero attached hydrogens (tertiary/aromatic N) is 1. The van der Waals surface area contributed by atoms with E-state index in [2.05, 4.69) is 54.5 Å². The van der Waals surface area contributed by atoms with Crippen molar-refractivity contribution >= 4 is 0 Å². The molecule has 1 saturated heterocycles. The van der Waals surface area contributed by atoms with Gasteiger partial charge in [-0.15, -0.1) is 0 Å². The molecular weight excluding hydrogens is 338 g/mol. The Kier molecular flexibility index (Phi) is 5.04. The maximum Gasteiger partial charge on any atom is 0.231 e. The van der Waals surface area contributed by atoms with Crippen LogP contribution < -0.4 is 20.1 Å². The normalized spacial score (nSPS) is 23.5. The molecule has 1 aromatic rings. The van der Waals surface area contributed by atoms with Crippen LogP contribution in [0.1, 0.15) is 39.2 Å².